The average molecular weight is 353 g/mol. The van der Waals surface area contributed by atoms with E-state index >= 15 is 0 Å². The fourth-order valence-corrected chi connectivity index (χ4v) is 2.48. The van der Waals surface area contributed by atoms with Crippen LogP contribution < -0.4 is 15.2 Å². The molecule has 0 radical (unpaired) electrons. The van der Waals surface area contributed by atoms with Crippen LogP contribution in [0.15, 0.2) is 12.1 Å². The van der Waals surface area contributed by atoms with Gasteiger partial charge in [0.25, 0.3) is 11.6 Å². The quantitative estimate of drug-likeness (QED) is 0.575. The molecule has 1 atom stereocenters. The van der Waals surface area contributed by atoms with E-state index in [4.69, 9.17) is 19.9 Å². The second-order valence-electron chi connectivity index (χ2n) is 5.22. The lowest BCUT2D eigenvalue weighted by Crippen LogP contribution is -2.50. The van der Waals surface area contributed by atoms with Gasteiger partial charge >= 0.3 is 0 Å². The lowest BCUT2D eigenvalue weighted by atomic mass is 10.1. The lowest BCUT2D eigenvalue weighted by Gasteiger charge is -2.31. The summed E-state index contributed by atoms with van der Waals surface area (Å²) in [4.78, 5) is 36.0. The van der Waals surface area contributed by atoms with E-state index in [1.54, 1.807) is 6.92 Å². The largest absolute Gasteiger partial charge is 0.493 e. The van der Waals surface area contributed by atoms with Crippen molar-refractivity contribution in [2.24, 2.45) is 5.73 Å². The molecule has 1 aromatic carbocycles. The first-order chi connectivity index (χ1) is 11.9. The Balaban J connectivity index is 2.41. The van der Waals surface area contributed by atoms with Crippen LogP contribution in [0.1, 0.15) is 17.3 Å². The minimum absolute atomic E-state index is 0.0681. The van der Waals surface area contributed by atoms with Crippen LogP contribution in [0.4, 0.5) is 5.69 Å². The molecule has 0 bridgehead atoms. The number of nitrogens with two attached hydrogens (primary N) is 1. The maximum absolute atomic E-state index is 12.8. The number of morpholine rings is 1. The molecule has 10 nitrogen and oxygen atoms in total. The summed E-state index contributed by atoms with van der Waals surface area (Å²) < 4.78 is 15.7. The van der Waals surface area contributed by atoms with Gasteiger partial charge < -0.3 is 24.8 Å². The third-order valence-corrected chi connectivity index (χ3v) is 3.68. The molecule has 10 heteroatoms. The molecule has 1 unspecified atom stereocenters. The molecule has 25 heavy (non-hydrogen) atoms. The normalized spacial score (nSPS) is 17.0. The van der Waals surface area contributed by atoms with E-state index in [-0.39, 0.29) is 36.8 Å². The molecule has 0 aliphatic carbocycles. The van der Waals surface area contributed by atoms with E-state index in [0.717, 1.165) is 6.07 Å². The highest BCUT2D eigenvalue weighted by molar-refractivity contribution is 5.99. The zero-order valence-electron chi connectivity index (χ0n) is 13.9. The Hall–Kier alpha value is -2.88. The van der Waals surface area contributed by atoms with Gasteiger partial charge in [-0.3, -0.25) is 19.7 Å². The van der Waals surface area contributed by atoms with Crippen LogP contribution in [-0.2, 0) is 9.53 Å². The maximum atomic E-state index is 12.8. The summed E-state index contributed by atoms with van der Waals surface area (Å²) in [5.74, 6) is -0.928. The molecule has 1 fully saturated rings. The molecule has 0 aromatic heterocycles. The molecule has 2 amide bonds. The Bertz CT molecular complexity index is 692. The molecule has 1 aliphatic rings. The third-order valence-electron chi connectivity index (χ3n) is 3.68. The summed E-state index contributed by atoms with van der Waals surface area (Å²) in [5.41, 5.74) is 4.64. The van der Waals surface area contributed by atoms with Crippen LogP contribution in [0, 0.1) is 10.1 Å². The van der Waals surface area contributed by atoms with Gasteiger partial charge in [-0.1, -0.05) is 0 Å². The second-order valence-corrected chi connectivity index (χ2v) is 5.22. The van der Waals surface area contributed by atoms with Gasteiger partial charge in [0.15, 0.2) is 17.6 Å². The number of rotatable bonds is 6. The number of nitrogens with zero attached hydrogens (tertiary/aromatic N) is 2. The van der Waals surface area contributed by atoms with Crippen LogP contribution in [-0.4, -0.2) is 61.2 Å². The molecule has 0 saturated carbocycles. The summed E-state index contributed by atoms with van der Waals surface area (Å²) in [7, 11) is 1.35. The molecule has 1 heterocycles. The molecule has 1 aliphatic heterocycles. The molecule has 2 N–H and O–H groups in total. The van der Waals surface area contributed by atoms with Gasteiger partial charge in [-0.2, -0.15) is 0 Å². The number of hydrogen-bond acceptors (Lipinski definition) is 7. The van der Waals surface area contributed by atoms with Crippen LogP contribution in [0.2, 0.25) is 0 Å². The van der Waals surface area contributed by atoms with Crippen molar-refractivity contribution >= 4 is 17.5 Å². The van der Waals surface area contributed by atoms with Gasteiger partial charge in [0.2, 0.25) is 5.91 Å². The summed E-state index contributed by atoms with van der Waals surface area (Å²) >= 11 is 0. The van der Waals surface area contributed by atoms with Crippen LogP contribution >= 0.6 is 0 Å². The number of amides is 2. The number of carbonyl (C=O) groups excluding carboxylic acids is 2. The second kappa shape index (κ2) is 7.79. The van der Waals surface area contributed by atoms with E-state index in [1.807, 2.05) is 0 Å². The predicted molar refractivity (Wildman–Crippen MR) is 85.7 cm³/mol. The number of nitro groups is 1. The van der Waals surface area contributed by atoms with E-state index in [9.17, 15) is 19.7 Å². The number of methoxy groups -OCH3 is 1. The van der Waals surface area contributed by atoms with Crippen LogP contribution in [0.5, 0.6) is 11.5 Å². The van der Waals surface area contributed by atoms with Crippen molar-refractivity contribution in [3.8, 4) is 11.5 Å². The number of carbonyl (C=O) groups is 2. The molecule has 2 rings (SSSR count). The number of primary amides is 1. The number of ether oxygens (including phenoxy) is 3. The van der Waals surface area contributed by atoms with Gasteiger partial charge in [-0.25, -0.2) is 0 Å². The molecule has 136 valence electrons. The Morgan fingerprint density at radius 2 is 2.16 bits per heavy atom. The van der Waals surface area contributed by atoms with Crippen molar-refractivity contribution in [3.05, 3.63) is 27.8 Å². The SMILES string of the molecule is CCOc1cc(C(=O)N2CCOC(C(N)=O)C2)c([N+](=O)[O-])cc1OC. The Morgan fingerprint density at radius 1 is 1.44 bits per heavy atom. The van der Waals surface area contributed by atoms with Crippen LogP contribution in [0.3, 0.4) is 0 Å². The highest BCUT2D eigenvalue weighted by atomic mass is 16.6. The molecule has 1 aromatic rings. The number of nitro benzene ring substituents is 1. The minimum Gasteiger partial charge on any atom is -0.493 e. The fraction of sp³-hybridized carbons (Fsp3) is 0.467. The smallest absolute Gasteiger partial charge is 0.286 e. The Labute approximate surface area is 143 Å². The zero-order chi connectivity index (χ0) is 18.6. The fourth-order valence-electron chi connectivity index (χ4n) is 2.48. The van der Waals surface area contributed by atoms with Gasteiger partial charge in [-0.05, 0) is 6.92 Å². The first-order valence-electron chi connectivity index (χ1n) is 7.58. The molecule has 1 saturated heterocycles. The Kier molecular flexibility index (Phi) is 5.75. The van der Waals surface area contributed by atoms with Gasteiger partial charge in [-0.15, -0.1) is 0 Å². The van der Waals surface area contributed by atoms with Crippen LogP contribution in [0.25, 0.3) is 0 Å². The summed E-state index contributed by atoms with van der Waals surface area (Å²) in [6.45, 7) is 2.27. The minimum atomic E-state index is -0.943. The standard InChI is InChI=1S/C15H19N3O7/c1-3-24-12-6-9(10(18(21)22)7-11(12)23-2)15(20)17-4-5-25-13(8-17)14(16)19/h6-7,13H,3-5,8H2,1-2H3,(H2,16,19). The molecular formula is C15H19N3O7. The average Bonchev–Trinajstić information content (AvgIpc) is 2.60. The lowest BCUT2D eigenvalue weighted by molar-refractivity contribution is -0.385. The van der Waals surface area contributed by atoms with Gasteiger partial charge in [0.1, 0.15) is 5.56 Å². The first-order valence-corrected chi connectivity index (χ1v) is 7.58. The monoisotopic (exact) mass is 353 g/mol. The van der Waals surface area contributed by atoms with Crippen molar-refractivity contribution in [1.82, 2.24) is 4.90 Å². The van der Waals surface area contributed by atoms with Crippen molar-refractivity contribution in [3.63, 3.8) is 0 Å². The zero-order valence-corrected chi connectivity index (χ0v) is 13.9. The summed E-state index contributed by atoms with van der Waals surface area (Å²) in [6.07, 6.45) is -0.943. The van der Waals surface area contributed by atoms with Gasteiger partial charge in [0.05, 0.1) is 37.9 Å². The van der Waals surface area contributed by atoms with E-state index in [2.05, 4.69) is 0 Å². The highest BCUT2D eigenvalue weighted by Gasteiger charge is 2.32. The van der Waals surface area contributed by atoms with Crippen molar-refractivity contribution in [2.45, 2.75) is 13.0 Å². The highest BCUT2D eigenvalue weighted by Crippen LogP contribution is 2.35. The Morgan fingerprint density at radius 3 is 2.72 bits per heavy atom. The van der Waals surface area contributed by atoms with Crippen molar-refractivity contribution in [1.29, 1.82) is 0 Å². The number of benzene rings is 1. The first kappa shape index (κ1) is 18.5. The molecule has 0 spiro atoms. The predicted octanol–water partition coefficient (Wildman–Crippen LogP) is 0.328. The van der Waals surface area contributed by atoms with Gasteiger partial charge in [0, 0.05) is 12.6 Å². The summed E-state index contributed by atoms with van der Waals surface area (Å²) in [5, 5.41) is 11.4. The maximum Gasteiger partial charge on any atom is 0.286 e. The van der Waals surface area contributed by atoms with Crippen molar-refractivity contribution < 1.29 is 28.7 Å². The summed E-state index contributed by atoms with van der Waals surface area (Å²) in [6, 6.07) is 2.42. The third kappa shape index (κ3) is 3.97. The van der Waals surface area contributed by atoms with Crippen molar-refractivity contribution in [2.75, 3.05) is 33.4 Å². The topological polar surface area (TPSA) is 134 Å². The molecular weight excluding hydrogens is 334 g/mol. The number of hydrogen-bond donors (Lipinski definition) is 1. The van der Waals surface area contributed by atoms with E-state index in [0.29, 0.717) is 6.61 Å². The van der Waals surface area contributed by atoms with E-state index < -0.39 is 28.5 Å². The van der Waals surface area contributed by atoms with E-state index in [1.165, 1.54) is 18.1 Å².